The Hall–Kier alpha value is -1.22. The van der Waals surface area contributed by atoms with E-state index in [9.17, 15) is 5.11 Å². The molecular formula is C13H20O3. The second kappa shape index (κ2) is 6.38. The number of aliphatic hydroxyl groups is 1. The largest absolute Gasteiger partial charge is 0.493 e. The van der Waals surface area contributed by atoms with Gasteiger partial charge in [-0.1, -0.05) is 6.07 Å². The number of ether oxygens (including phenoxy) is 2. The molecule has 3 heteroatoms. The lowest BCUT2D eigenvalue weighted by Gasteiger charge is -2.11. The topological polar surface area (TPSA) is 38.7 Å². The fraction of sp³-hybridized carbons (Fsp3) is 0.538. The average Bonchev–Trinajstić information content (AvgIpc) is 2.27. The Morgan fingerprint density at radius 3 is 2.62 bits per heavy atom. The van der Waals surface area contributed by atoms with E-state index in [1.165, 1.54) is 0 Å². The molecule has 0 aromatic heterocycles. The van der Waals surface area contributed by atoms with E-state index in [1.807, 2.05) is 25.1 Å². The molecule has 0 spiro atoms. The number of rotatable bonds is 6. The van der Waals surface area contributed by atoms with Gasteiger partial charge in [0.25, 0.3) is 0 Å². The fourth-order valence-electron chi connectivity index (χ4n) is 1.52. The van der Waals surface area contributed by atoms with Crippen molar-refractivity contribution in [3.63, 3.8) is 0 Å². The van der Waals surface area contributed by atoms with Crippen molar-refractivity contribution < 1.29 is 14.6 Å². The number of hydrogen-bond acceptors (Lipinski definition) is 3. The predicted molar refractivity (Wildman–Crippen MR) is 64.2 cm³/mol. The minimum Gasteiger partial charge on any atom is -0.493 e. The van der Waals surface area contributed by atoms with Crippen molar-refractivity contribution in [1.82, 2.24) is 0 Å². The Bertz CT molecular complexity index is 321. The summed E-state index contributed by atoms with van der Waals surface area (Å²) in [5.41, 5.74) is 1.16. The minimum absolute atomic E-state index is 0.266. The zero-order valence-electron chi connectivity index (χ0n) is 10.2. The lowest BCUT2D eigenvalue weighted by molar-refractivity contribution is 0.185. The van der Waals surface area contributed by atoms with Gasteiger partial charge in [-0.25, -0.2) is 0 Å². The highest BCUT2D eigenvalue weighted by molar-refractivity contribution is 5.43. The third kappa shape index (κ3) is 3.74. The number of aliphatic hydroxyl groups excluding tert-OH is 1. The van der Waals surface area contributed by atoms with Crippen molar-refractivity contribution in [3.8, 4) is 11.5 Å². The van der Waals surface area contributed by atoms with E-state index in [2.05, 4.69) is 0 Å². The smallest absolute Gasteiger partial charge is 0.161 e. The SMILES string of the molecule is CCOc1cc(CC[C@H](C)O)ccc1OC. The maximum absolute atomic E-state index is 9.23. The van der Waals surface area contributed by atoms with Gasteiger partial charge in [0.2, 0.25) is 0 Å². The van der Waals surface area contributed by atoms with Gasteiger partial charge in [-0.2, -0.15) is 0 Å². The van der Waals surface area contributed by atoms with Crippen LogP contribution in [0.3, 0.4) is 0 Å². The van der Waals surface area contributed by atoms with Gasteiger partial charge >= 0.3 is 0 Å². The summed E-state index contributed by atoms with van der Waals surface area (Å²) in [6, 6.07) is 5.89. The van der Waals surface area contributed by atoms with Crippen LogP contribution in [0.15, 0.2) is 18.2 Å². The first-order valence-electron chi connectivity index (χ1n) is 5.65. The summed E-state index contributed by atoms with van der Waals surface area (Å²) in [7, 11) is 1.63. The molecule has 0 saturated heterocycles. The molecule has 0 radical (unpaired) electrons. The molecule has 3 nitrogen and oxygen atoms in total. The molecule has 0 aliphatic carbocycles. The summed E-state index contributed by atoms with van der Waals surface area (Å²) in [4.78, 5) is 0. The first-order chi connectivity index (χ1) is 7.67. The van der Waals surface area contributed by atoms with Gasteiger partial charge in [0, 0.05) is 0 Å². The van der Waals surface area contributed by atoms with Crippen LogP contribution < -0.4 is 9.47 Å². The first kappa shape index (κ1) is 12.8. The van der Waals surface area contributed by atoms with Gasteiger partial charge in [-0.15, -0.1) is 0 Å². The van der Waals surface area contributed by atoms with Crippen molar-refractivity contribution in [1.29, 1.82) is 0 Å². The maximum atomic E-state index is 9.23. The van der Waals surface area contributed by atoms with Gasteiger partial charge in [0.05, 0.1) is 19.8 Å². The molecule has 0 amide bonds. The van der Waals surface area contributed by atoms with Gasteiger partial charge in [-0.3, -0.25) is 0 Å². The van der Waals surface area contributed by atoms with Crippen LogP contribution in [0, 0.1) is 0 Å². The molecule has 1 aromatic rings. The molecule has 0 unspecified atom stereocenters. The summed E-state index contributed by atoms with van der Waals surface area (Å²) >= 11 is 0. The van der Waals surface area contributed by atoms with Crippen LogP contribution in [0.2, 0.25) is 0 Å². The molecule has 1 N–H and O–H groups in total. The van der Waals surface area contributed by atoms with Crippen LogP contribution in [0.4, 0.5) is 0 Å². The fourth-order valence-corrected chi connectivity index (χ4v) is 1.52. The van der Waals surface area contributed by atoms with E-state index in [1.54, 1.807) is 14.0 Å². The summed E-state index contributed by atoms with van der Waals surface area (Å²) in [5.74, 6) is 1.52. The van der Waals surface area contributed by atoms with Crippen LogP contribution in [0.1, 0.15) is 25.8 Å². The molecule has 0 saturated carbocycles. The molecule has 0 bridgehead atoms. The van der Waals surface area contributed by atoms with Crippen LogP contribution in [-0.2, 0) is 6.42 Å². The Morgan fingerprint density at radius 1 is 1.31 bits per heavy atom. The third-order valence-corrected chi connectivity index (χ3v) is 2.38. The minimum atomic E-state index is -0.266. The van der Waals surface area contributed by atoms with Crippen molar-refractivity contribution in [3.05, 3.63) is 23.8 Å². The molecular weight excluding hydrogens is 204 g/mol. The highest BCUT2D eigenvalue weighted by atomic mass is 16.5. The second-order valence-electron chi connectivity index (χ2n) is 3.81. The lowest BCUT2D eigenvalue weighted by atomic mass is 10.1. The molecule has 1 rings (SSSR count). The molecule has 0 heterocycles. The number of aryl methyl sites for hydroxylation is 1. The van der Waals surface area contributed by atoms with Gasteiger partial charge in [-0.05, 0) is 44.4 Å². The monoisotopic (exact) mass is 224 g/mol. The molecule has 1 atom stereocenters. The lowest BCUT2D eigenvalue weighted by Crippen LogP contribution is -2.02. The Morgan fingerprint density at radius 2 is 2.06 bits per heavy atom. The van der Waals surface area contributed by atoms with Crippen LogP contribution in [0.5, 0.6) is 11.5 Å². The van der Waals surface area contributed by atoms with E-state index in [4.69, 9.17) is 9.47 Å². The normalized spacial score (nSPS) is 12.2. The Balaban J connectivity index is 2.76. The molecule has 90 valence electrons. The second-order valence-corrected chi connectivity index (χ2v) is 3.81. The standard InChI is InChI=1S/C13H20O3/c1-4-16-13-9-11(6-5-10(2)14)7-8-12(13)15-3/h7-10,14H,4-6H2,1-3H3/t10-/m0/s1. The van der Waals surface area contributed by atoms with Crippen LogP contribution >= 0.6 is 0 Å². The maximum Gasteiger partial charge on any atom is 0.161 e. The summed E-state index contributed by atoms with van der Waals surface area (Å²) < 4.78 is 10.7. The van der Waals surface area contributed by atoms with Crippen LogP contribution in [0.25, 0.3) is 0 Å². The van der Waals surface area contributed by atoms with E-state index < -0.39 is 0 Å². The van der Waals surface area contributed by atoms with Gasteiger partial charge in [0.1, 0.15) is 0 Å². The van der Waals surface area contributed by atoms with Crippen molar-refractivity contribution >= 4 is 0 Å². The van der Waals surface area contributed by atoms with Gasteiger partial charge in [0.15, 0.2) is 11.5 Å². The molecule has 0 fully saturated rings. The van der Waals surface area contributed by atoms with E-state index in [0.717, 1.165) is 29.9 Å². The molecule has 1 aromatic carbocycles. The average molecular weight is 224 g/mol. The highest BCUT2D eigenvalue weighted by Crippen LogP contribution is 2.28. The van der Waals surface area contributed by atoms with Crippen molar-refractivity contribution in [2.75, 3.05) is 13.7 Å². The quantitative estimate of drug-likeness (QED) is 0.806. The highest BCUT2D eigenvalue weighted by Gasteiger charge is 2.06. The number of methoxy groups -OCH3 is 1. The van der Waals surface area contributed by atoms with E-state index in [-0.39, 0.29) is 6.10 Å². The number of benzene rings is 1. The first-order valence-corrected chi connectivity index (χ1v) is 5.65. The van der Waals surface area contributed by atoms with Crippen molar-refractivity contribution in [2.24, 2.45) is 0 Å². The zero-order chi connectivity index (χ0) is 12.0. The van der Waals surface area contributed by atoms with E-state index >= 15 is 0 Å². The Kier molecular flexibility index (Phi) is 5.12. The molecule has 0 aliphatic rings. The van der Waals surface area contributed by atoms with E-state index in [0.29, 0.717) is 6.61 Å². The molecule has 16 heavy (non-hydrogen) atoms. The third-order valence-electron chi connectivity index (χ3n) is 2.38. The van der Waals surface area contributed by atoms with Gasteiger partial charge < -0.3 is 14.6 Å². The number of hydrogen-bond donors (Lipinski definition) is 1. The predicted octanol–water partition coefficient (Wildman–Crippen LogP) is 2.41. The zero-order valence-corrected chi connectivity index (χ0v) is 10.2. The summed E-state index contributed by atoms with van der Waals surface area (Å²) in [6.45, 7) is 4.37. The Labute approximate surface area is 97.0 Å². The summed E-state index contributed by atoms with van der Waals surface area (Å²) in [5, 5.41) is 9.23. The van der Waals surface area contributed by atoms with Crippen LogP contribution in [-0.4, -0.2) is 24.9 Å². The molecule has 0 aliphatic heterocycles. The van der Waals surface area contributed by atoms with Crippen molar-refractivity contribution in [2.45, 2.75) is 32.8 Å². The summed E-state index contributed by atoms with van der Waals surface area (Å²) in [6.07, 6.45) is 1.34.